The quantitative estimate of drug-likeness (QED) is 0.105. The van der Waals surface area contributed by atoms with Gasteiger partial charge >= 0.3 is 11.3 Å². The van der Waals surface area contributed by atoms with Gasteiger partial charge in [-0.3, -0.25) is 0 Å². The van der Waals surface area contributed by atoms with Gasteiger partial charge in [0.25, 0.3) is 0 Å². The van der Waals surface area contributed by atoms with Crippen LogP contribution in [0.1, 0.15) is 167 Å². The Labute approximate surface area is 455 Å². The molecule has 25 atom stereocenters. The van der Waals surface area contributed by atoms with E-state index in [1.165, 1.54) is 24.0 Å². The number of ether oxygens (including phenoxy) is 4. The van der Waals surface area contributed by atoms with Gasteiger partial charge in [-0.05, 0) is 181 Å². The zero-order chi connectivity index (χ0) is 55.7. The number of hydrogen-bond acceptors (Lipinski definition) is 18. The molecule has 0 aromatic carbocycles. The number of rotatable bonds is 7. The van der Waals surface area contributed by atoms with Crippen LogP contribution in [-0.4, -0.2) is 143 Å². The molecular weight excluding hydrogens is 1010 g/mol. The van der Waals surface area contributed by atoms with Crippen molar-refractivity contribution < 1.29 is 78.5 Å². The molecule has 0 spiro atoms. The van der Waals surface area contributed by atoms with Gasteiger partial charge in [0.1, 0.15) is 42.9 Å². The molecule has 7 saturated carbocycles. The van der Waals surface area contributed by atoms with E-state index in [4.69, 9.17) is 27.8 Å². The van der Waals surface area contributed by atoms with E-state index in [2.05, 4.69) is 26.8 Å². The molecule has 432 valence electrons. The number of aliphatic hydroxyl groups excluding tert-OH is 6. The summed E-state index contributed by atoms with van der Waals surface area (Å²) in [4.78, 5) is 36.1. The number of fused-ring (bicyclic) bond motifs is 10. The van der Waals surface area contributed by atoms with Crippen LogP contribution in [0.3, 0.4) is 0 Å². The molecule has 4 heterocycles. The Balaban J connectivity index is 0.000000166. The Morgan fingerprint density at radius 2 is 1.06 bits per heavy atom. The lowest BCUT2D eigenvalue weighted by atomic mass is 9.41. The number of hydrogen-bond donors (Lipinski definition) is 9. The van der Waals surface area contributed by atoms with Crippen LogP contribution in [0.4, 0.5) is 0 Å². The third kappa shape index (κ3) is 8.61. The molecule has 12 unspecified atom stereocenters. The van der Waals surface area contributed by atoms with Gasteiger partial charge in [0.05, 0.1) is 59.2 Å². The van der Waals surface area contributed by atoms with Crippen LogP contribution in [0.5, 0.6) is 0 Å². The van der Waals surface area contributed by atoms with Crippen molar-refractivity contribution in [2.45, 2.75) is 246 Å². The Hall–Kier alpha value is -3.21. The SMILES string of the molecule is C[C@@H]1OC(OC2CCC3(C=O)C4CCC5(C)C(c6ccc(=O)oc6)CCC5(O)C4CCC3(O)C2)[C@H](O)[C@H](O)[C@H]1O.C[C@@H]1OC(O[C@@H]2C=C3CCC4C(CC[C@]5(C)[C@@H](c6ccc(=O)oc6)CC[C@]45O)[C@@]3(C)CC2)[C@H](O)[C@H](O)[C@H]1O. The second kappa shape index (κ2) is 20.3. The fourth-order valence-corrected chi connectivity index (χ4v) is 18.8. The first-order valence-corrected chi connectivity index (χ1v) is 29.1. The summed E-state index contributed by atoms with van der Waals surface area (Å²) >= 11 is 0. The van der Waals surface area contributed by atoms with E-state index in [0.29, 0.717) is 50.9 Å². The Bertz CT molecular complexity index is 2650. The third-order valence-electron chi connectivity index (χ3n) is 23.5. The highest BCUT2D eigenvalue weighted by Gasteiger charge is 2.72. The molecule has 18 nitrogen and oxygen atoms in total. The highest BCUT2D eigenvalue weighted by Crippen LogP contribution is 2.72. The van der Waals surface area contributed by atoms with Gasteiger partial charge in [-0.2, -0.15) is 0 Å². The first-order chi connectivity index (χ1) is 36.9. The summed E-state index contributed by atoms with van der Waals surface area (Å²) < 4.78 is 33.9. The molecule has 78 heavy (non-hydrogen) atoms. The maximum atomic E-state index is 13.0. The fourth-order valence-electron chi connectivity index (χ4n) is 18.8. The molecule has 0 amide bonds. The average molecular weight is 1090 g/mol. The van der Waals surface area contributed by atoms with Crippen molar-refractivity contribution in [1.82, 2.24) is 0 Å². The van der Waals surface area contributed by atoms with Crippen LogP contribution in [0.25, 0.3) is 0 Å². The van der Waals surface area contributed by atoms with E-state index in [9.17, 15) is 60.3 Å². The lowest BCUT2D eigenvalue weighted by Crippen LogP contribution is -2.69. The predicted octanol–water partition coefficient (Wildman–Crippen LogP) is 4.40. The molecule has 2 aliphatic heterocycles. The molecule has 2 aromatic rings. The minimum absolute atomic E-state index is 0.0213. The van der Waals surface area contributed by atoms with Gasteiger partial charge in [-0.25, -0.2) is 9.59 Å². The number of allylic oxidation sites excluding steroid dienone is 1. The lowest BCUT2D eigenvalue weighted by Gasteiger charge is -2.65. The summed E-state index contributed by atoms with van der Waals surface area (Å²) in [7, 11) is 0. The van der Waals surface area contributed by atoms with E-state index in [-0.39, 0.29) is 58.6 Å². The summed E-state index contributed by atoms with van der Waals surface area (Å²) in [6, 6.07) is 6.57. The molecule has 2 aromatic heterocycles. The second-order valence-corrected chi connectivity index (χ2v) is 26.6. The molecule has 9 N–H and O–H groups in total. The third-order valence-corrected chi connectivity index (χ3v) is 23.5. The van der Waals surface area contributed by atoms with Crippen molar-refractivity contribution in [1.29, 1.82) is 0 Å². The first-order valence-electron chi connectivity index (χ1n) is 29.1. The van der Waals surface area contributed by atoms with Gasteiger partial charge in [0, 0.05) is 29.4 Å². The summed E-state index contributed by atoms with van der Waals surface area (Å²) in [5.41, 5.74) is -2.35. The van der Waals surface area contributed by atoms with E-state index < -0.39 is 101 Å². The molecule has 18 heteroatoms. The van der Waals surface area contributed by atoms with Crippen LogP contribution in [0.2, 0.25) is 0 Å². The van der Waals surface area contributed by atoms with Crippen LogP contribution in [-0.2, 0) is 23.7 Å². The summed E-state index contributed by atoms with van der Waals surface area (Å²) in [5, 5.41) is 98.1. The zero-order valence-corrected chi connectivity index (χ0v) is 45.7. The van der Waals surface area contributed by atoms with Crippen LogP contribution >= 0.6 is 0 Å². The highest BCUT2D eigenvalue weighted by atomic mass is 16.7. The molecule has 0 radical (unpaired) electrons. The second-order valence-electron chi connectivity index (χ2n) is 26.6. The molecule has 2 saturated heterocycles. The maximum Gasteiger partial charge on any atom is 0.335 e. The molecule has 0 bridgehead atoms. The Kier molecular flexibility index (Phi) is 14.7. The van der Waals surface area contributed by atoms with Crippen molar-refractivity contribution in [3.8, 4) is 0 Å². The number of carbonyl (C=O) groups is 1. The monoisotopic (exact) mass is 1090 g/mol. The number of aliphatic hydroxyl groups is 9. The van der Waals surface area contributed by atoms with Crippen LogP contribution in [0, 0.1) is 45.3 Å². The van der Waals surface area contributed by atoms with Crippen LogP contribution in [0.15, 0.2) is 66.9 Å². The van der Waals surface area contributed by atoms with Gasteiger partial charge in [0.15, 0.2) is 12.6 Å². The minimum atomic E-state index is -1.44. The largest absolute Gasteiger partial charge is 0.431 e. The summed E-state index contributed by atoms with van der Waals surface area (Å²) in [6.45, 7) is 9.96. The van der Waals surface area contributed by atoms with Crippen molar-refractivity contribution in [3.05, 3.63) is 80.4 Å². The van der Waals surface area contributed by atoms with E-state index >= 15 is 0 Å². The molecular formula is C60H84O18. The van der Waals surface area contributed by atoms with E-state index in [1.54, 1.807) is 26.2 Å². The number of carbonyl (C=O) groups excluding carboxylic acids is 1. The standard InChI is InChI=1S/C30H42O10.C30H42O8/c1-16-23(33)24(34)25(35)26(39-16)40-18-5-10-28(15-31)20-6-9-27(2)19(17-3-4-22(32)38-14-17)8-12-30(27,37)21(20)7-11-29(28,36)13-18;1-16-24(32)25(33)26(34)27(37-16)38-19-8-11-28(2)18(14-19)5-6-22-21(28)9-12-29(3)20(10-13-30(22,29)35)17-4-7-23(31)36-15-17/h3-4,14-16,18-21,23-26,33-37H,5-13H2,1-2H3;4,7,14-16,19-22,24-27,32-35H,5-6,8-13H2,1-3H3/t16-,18?,19?,20?,21?,23-,24+,25+,26?,27?,28?,29?,30?;16-,19-,20+,21?,22?,24-,25+,26+,27?,28-,29+,30-/m00/s1. The molecule has 9 fully saturated rings. The fraction of sp³-hybridized carbons (Fsp3) is 0.783. The zero-order valence-electron chi connectivity index (χ0n) is 45.7. The Morgan fingerprint density at radius 3 is 1.59 bits per heavy atom. The van der Waals surface area contributed by atoms with Gasteiger partial charge in [-0.15, -0.1) is 0 Å². The van der Waals surface area contributed by atoms with Crippen molar-refractivity contribution in [3.63, 3.8) is 0 Å². The van der Waals surface area contributed by atoms with E-state index in [0.717, 1.165) is 75.2 Å². The lowest BCUT2D eigenvalue weighted by molar-refractivity contribution is -0.317. The maximum absolute atomic E-state index is 13.0. The van der Waals surface area contributed by atoms with Crippen molar-refractivity contribution in [2.75, 3.05) is 0 Å². The predicted molar refractivity (Wildman–Crippen MR) is 278 cm³/mol. The molecule has 8 aliphatic carbocycles. The minimum Gasteiger partial charge on any atom is -0.431 e. The average Bonchev–Trinajstić information content (AvgIpc) is 3.09. The van der Waals surface area contributed by atoms with E-state index in [1.807, 2.05) is 6.07 Å². The van der Waals surface area contributed by atoms with Gasteiger partial charge < -0.3 is 78.5 Å². The number of aldehydes is 1. The highest BCUT2D eigenvalue weighted by molar-refractivity contribution is 5.64. The van der Waals surface area contributed by atoms with Crippen LogP contribution < -0.4 is 11.3 Å². The van der Waals surface area contributed by atoms with Gasteiger partial charge in [-0.1, -0.05) is 32.4 Å². The smallest absolute Gasteiger partial charge is 0.335 e. The summed E-state index contributed by atoms with van der Waals surface area (Å²) in [5.74, 6) is 0.438. The first kappa shape index (κ1) is 56.6. The van der Waals surface area contributed by atoms with Crippen molar-refractivity contribution >= 4 is 6.29 Å². The Morgan fingerprint density at radius 1 is 0.551 bits per heavy atom. The normalized spacial score (nSPS) is 51.4. The molecule has 12 rings (SSSR count). The van der Waals surface area contributed by atoms with Crippen molar-refractivity contribution in [2.24, 2.45) is 45.3 Å². The van der Waals surface area contributed by atoms with Gasteiger partial charge in [0.2, 0.25) is 0 Å². The molecule has 10 aliphatic rings. The topological polar surface area (TPSA) is 296 Å². The summed E-state index contributed by atoms with van der Waals surface area (Å²) in [6.07, 6.45) is 5.88.